The number of carbonyl (C=O) groups excluding carboxylic acids is 1. The Balaban J connectivity index is 1.01. The number of benzene rings is 2. The van der Waals surface area contributed by atoms with Crippen LogP contribution < -0.4 is 19.5 Å². The average Bonchev–Trinajstić information content (AvgIpc) is 3.22. The maximum atomic E-state index is 11.7. The van der Waals surface area contributed by atoms with Crippen molar-refractivity contribution in [1.82, 2.24) is 14.8 Å². The van der Waals surface area contributed by atoms with Crippen LogP contribution in [0.4, 0.5) is 11.4 Å². The fourth-order valence-electron chi connectivity index (χ4n) is 6.79. The van der Waals surface area contributed by atoms with E-state index in [4.69, 9.17) is 56.4 Å². The molecule has 2 aromatic carbocycles. The van der Waals surface area contributed by atoms with Gasteiger partial charge in [-0.05, 0) is 71.6 Å². The molecule has 0 aliphatic carbocycles. The topological polar surface area (TPSA) is 137 Å². The summed E-state index contributed by atoms with van der Waals surface area (Å²) >= 11 is 12.7. The van der Waals surface area contributed by atoms with Gasteiger partial charge in [0.1, 0.15) is 17.4 Å². The predicted molar refractivity (Wildman–Crippen MR) is 238 cm³/mol. The Bertz CT molecular complexity index is 1800. The van der Waals surface area contributed by atoms with Crippen LogP contribution in [0, 0.1) is 11.3 Å². The Kier molecular flexibility index (Phi) is 21.8. The lowest BCUT2D eigenvalue weighted by Crippen LogP contribution is -2.46. The van der Waals surface area contributed by atoms with Gasteiger partial charge in [0, 0.05) is 76.1 Å². The van der Waals surface area contributed by atoms with E-state index in [0.29, 0.717) is 101 Å². The lowest BCUT2D eigenvalue weighted by atomic mass is 10.1. The number of halogens is 2. The first kappa shape index (κ1) is 49.0. The molecule has 1 aliphatic heterocycles. The Morgan fingerprint density at radius 3 is 1.95 bits per heavy atom. The molecule has 60 heavy (non-hydrogen) atoms. The summed E-state index contributed by atoms with van der Waals surface area (Å²) in [4.78, 5) is 21.3. The van der Waals surface area contributed by atoms with Crippen LogP contribution in [-0.4, -0.2) is 126 Å². The minimum atomic E-state index is -0.418. The van der Waals surface area contributed by atoms with E-state index in [1.807, 2.05) is 32.9 Å². The highest BCUT2D eigenvalue weighted by atomic mass is 35.5. The lowest BCUT2D eigenvalue weighted by molar-refractivity contribution is -0.154. The van der Waals surface area contributed by atoms with E-state index >= 15 is 0 Å². The number of hydrogen-bond donors (Lipinski definition) is 1. The zero-order chi connectivity index (χ0) is 43.2. The van der Waals surface area contributed by atoms with E-state index in [9.17, 15) is 10.1 Å². The van der Waals surface area contributed by atoms with Crippen molar-refractivity contribution < 1.29 is 38.0 Å². The molecule has 3 aromatic rings. The van der Waals surface area contributed by atoms with Gasteiger partial charge in [-0.15, -0.1) is 0 Å². The van der Waals surface area contributed by atoms with Crippen LogP contribution in [0.3, 0.4) is 0 Å². The number of fused-ring (bicyclic) bond motifs is 1. The zero-order valence-electron chi connectivity index (χ0n) is 36.3. The molecule has 1 saturated heterocycles. The summed E-state index contributed by atoms with van der Waals surface area (Å²) in [5, 5.41) is 14.6. The standard InChI is InChI=1S/C45H65Cl2N5O8/c1-45(2,3)60-43(53)14-9-8-12-22-57-25-27-58-26-24-56-21-11-7-6-10-15-51-17-19-52(20-18-51)16-13-23-59-42-30-38-35(28-41(42)55-5)44(34(32-48)33-49-38)50-39-31-40(54-4)37(47)29-36(39)46/h28-31,33H,6-27H2,1-5H3,(H,49,50). The first-order chi connectivity index (χ1) is 29.0. The molecule has 1 fully saturated rings. The number of unbranched alkanes of at least 4 members (excludes halogenated alkanes) is 5. The minimum Gasteiger partial charge on any atom is -0.495 e. The zero-order valence-corrected chi connectivity index (χ0v) is 37.8. The first-order valence-corrected chi connectivity index (χ1v) is 22.0. The third kappa shape index (κ3) is 17.4. The van der Waals surface area contributed by atoms with Gasteiger partial charge in [0.15, 0.2) is 11.5 Å². The smallest absolute Gasteiger partial charge is 0.306 e. The Hall–Kier alpha value is -3.61. The number of hydrogen-bond acceptors (Lipinski definition) is 13. The highest BCUT2D eigenvalue weighted by Crippen LogP contribution is 2.40. The van der Waals surface area contributed by atoms with Gasteiger partial charge in [0.2, 0.25) is 0 Å². The summed E-state index contributed by atoms with van der Waals surface area (Å²) in [6.07, 6.45) is 10.3. The summed E-state index contributed by atoms with van der Waals surface area (Å²) in [6, 6.07) is 9.17. The van der Waals surface area contributed by atoms with Crippen LogP contribution in [0.2, 0.25) is 10.0 Å². The fourth-order valence-corrected chi connectivity index (χ4v) is 7.30. The number of nitrogens with zero attached hydrogens (tertiary/aromatic N) is 4. The number of piperazine rings is 1. The number of methoxy groups -OCH3 is 2. The van der Waals surface area contributed by atoms with Gasteiger partial charge in [0.05, 0.1) is 79.8 Å². The molecule has 1 aromatic heterocycles. The number of carbonyl (C=O) groups is 1. The second-order valence-electron chi connectivity index (χ2n) is 15.8. The number of ether oxygens (including phenoxy) is 7. The molecule has 0 saturated carbocycles. The maximum Gasteiger partial charge on any atom is 0.306 e. The molecule has 15 heteroatoms. The van der Waals surface area contributed by atoms with E-state index in [1.54, 1.807) is 19.2 Å². The van der Waals surface area contributed by atoms with E-state index < -0.39 is 5.60 Å². The fraction of sp³-hybridized carbons (Fsp3) is 0.622. The molecule has 0 spiro atoms. The van der Waals surface area contributed by atoms with E-state index in [1.165, 1.54) is 32.6 Å². The van der Waals surface area contributed by atoms with Crippen LogP contribution in [0.5, 0.6) is 17.2 Å². The quantitative estimate of drug-likeness (QED) is 0.0549. The number of nitrogens with one attached hydrogen (secondary N) is 1. The van der Waals surface area contributed by atoms with Gasteiger partial charge >= 0.3 is 5.97 Å². The molecule has 1 aliphatic rings. The second kappa shape index (κ2) is 26.7. The Morgan fingerprint density at radius 2 is 1.33 bits per heavy atom. The molecule has 332 valence electrons. The number of aromatic nitrogens is 1. The highest BCUT2D eigenvalue weighted by Gasteiger charge is 2.19. The summed E-state index contributed by atoms with van der Waals surface area (Å²) in [6.45, 7) is 16.4. The predicted octanol–water partition coefficient (Wildman–Crippen LogP) is 9.07. The Labute approximate surface area is 366 Å². The van der Waals surface area contributed by atoms with Crippen molar-refractivity contribution in [3.8, 4) is 23.3 Å². The molecule has 4 rings (SSSR count). The van der Waals surface area contributed by atoms with Crippen molar-refractivity contribution in [2.75, 3.05) is 105 Å². The number of nitriles is 1. The average molecular weight is 875 g/mol. The molecule has 0 atom stereocenters. The van der Waals surface area contributed by atoms with Crippen molar-refractivity contribution in [2.24, 2.45) is 0 Å². The number of rotatable bonds is 28. The van der Waals surface area contributed by atoms with Crippen LogP contribution in [0.25, 0.3) is 10.9 Å². The van der Waals surface area contributed by atoms with Gasteiger partial charge in [-0.3, -0.25) is 9.78 Å². The molecule has 1 N–H and O–H groups in total. The van der Waals surface area contributed by atoms with Crippen molar-refractivity contribution in [2.45, 2.75) is 84.2 Å². The van der Waals surface area contributed by atoms with Crippen LogP contribution in [0.15, 0.2) is 30.5 Å². The van der Waals surface area contributed by atoms with Gasteiger partial charge in [0.25, 0.3) is 0 Å². The third-order valence-electron chi connectivity index (χ3n) is 9.96. The normalized spacial score (nSPS) is 13.6. The SMILES string of the molecule is COc1cc(Nc2c(C#N)cnc3cc(OCCCN4CCN(CCCCCCOCCOCCOCCCCCC(=O)OC(C)(C)C)CC4)c(OC)cc23)c(Cl)cc1Cl. The van der Waals surface area contributed by atoms with Crippen molar-refractivity contribution in [3.05, 3.63) is 46.1 Å². The lowest BCUT2D eigenvalue weighted by Gasteiger charge is -2.34. The Morgan fingerprint density at radius 1 is 0.733 bits per heavy atom. The summed E-state index contributed by atoms with van der Waals surface area (Å²) < 4.78 is 39.6. The number of pyridine rings is 1. The minimum absolute atomic E-state index is 0.132. The molecular formula is C45H65Cl2N5O8. The van der Waals surface area contributed by atoms with Gasteiger partial charge in [-0.25, -0.2) is 0 Å². The van der Waals surface area contributed by atoms with Crippen LogP contribution >= 0.6 is 23.2 Å². The van der Waals surface area contributed by atoms with Gasteiger partial charge < -0.3 is 48.3 Å². The molecule has 0 bridgehead atoms. The second-order valence-corrected chi connectivity index (χ2v) is 16.6. The summed E-state index contributed by atoms with van der Waals surface area (Å²) in [5.74, 6) is 1.47. The van der Waals surface area contributed by atoms with Crippen LogP contribution in [0.1, 0.15) is 84.1 Å². The first-order valence-electron chi connectivity index (χ1n) is 21.2. The van der Waals surface area contributed by atoms with Crippen molar-refractivity contribution in [1.29, 1.82) is 5.26 Å². The van der Waals surface area contributed by atoms with E-state index in [0.717, 1.165) is 78.0 Å². The molecule has 2 heterocycles. The molecule has 0 radical (unpaired) electrons. The third-order valence-corrected chi connectivity index (χ3v) is 10.6. The molecular weight excluding hydrogens is 809 g/mol. The van der Waals surface area contributed by atoms with E-state index in [-0.39, 0.29) is 5.97 Å². The van der Waals surface area contributed by atoms with E-state index in [2.05, 4.69) is 26.2 Å². The van der Waals surface area contributed by atoms with Gasteiger partial charge in [-0.2, -0.15) is 5.26 Å². The monoisotopic (exact) mass is 873 g/mol. The molecule has 13 nitrogen and oxygen atoms in total. The van der Waals surface area contributed by atoms with Crippen molar-refractivity contribution in [3.63, 3.8) is 0 Å². The largest absolute Gasteiger partial charge is 0.495 e. The van der Waals surface area contributed by atoms with Crippen LogP contribution in [-0.2, 0) is 23.7 Å². The van der Waals surface area contributed by atoms with Gasteiger partial charge in [-0.1, -0.05) is 42.5 Å². The summed E-state index contributed by atoms with van der Waals surface area (Å²) in [7, 11) is 3.12. The van der Waals surface area contributed by atoms with Crippen molar-refractivity contribution >= 4 is 51.4 Å². The highest BCUT2D eigenvalue weighted by molar-refractivity contribution is 6.37. The summed E-state index contributed by atoms with van der Waals surface area (Å²) in [5.41, 5.74) is 1.65. The molecule has 0 amide bonds. The molecule has 0 unspecified atom stereocenters. The number of esters is 1. The number of anilines is 2. The maximum absolute atomic E-state index is 11.7.